The molecule has 4 nitrogen and oxygen atoms in total. The Labute approximate surface area is 68.0 Å². The van der Waals surface area contributed by atoms with Gasteiger partial charge in [-0.2, -0.15) is 0 Å². The maximum absolute atomic E-state index is 5.01. The Morgan fingerprint density at radius 1 is 1.80 bits per heavy atom. The molecule has 0 atom stereocenters. The number of allylic oxidation sites excluding steroid dienone is 1. The molecule has 0 amide bonds. The van der Waals surface area contributed by atoms with Crippen LogP contribution in [0.15, 0.2) is 20.7 Å². The van der Waals surface area contributed by atoms with Gasteiger partial charge >= 0.3 is 0 Å². The summed E-state index contributed by atoms with van der Waals surface area (Å²) in [4.78, 5) is 7.28. The van der Waals surface area contributed by atoms with Crippen molar-refractivity contribution in [3.05, 3.63) is 10.7 Å². The summed E-state index contributed by atoms with van der Waals surface area (Å²) in [6.45, 7) is 5.09. The lowest BCUT2D eigenvalue weighted by molar-refractivity contribution is 1.01. The molecule has 0 saturated carbocycles. The Morgan fingerprint density at radius 3 is 2.70 bits per heavy atom. The Kier molecular flexibility index (Phi) is 4.78. The molecule has 0 aromatic rings. The highest BCUT2D eigenvalue weighted by atomic mass is 79.9. The van der Waals surface area contributed by atoms with E-state index in [1.54, 1.807) is 6.20 Å². The Balaban J connectivity index is 4.12. The lowest BCUT2D eigenvalue weighted by Gasteiger charge is -1.93. The quantitative estimate of drug-likeness (QED) is 0.287. The number of hydrogen-bond acceptors (Lipinski definition) is 2. The second-order valence-electron chi connectivity index (χ2n) is 1.47. The van der Waals surface area contributed by atoms with Crippen LogP contribution in [0, 0.1) is 0 Å². The summed E-state index contributed by atoms with van der Waals surface area (Å²) >= 11 is 3.18. The molecule has 5 heteroatoms. The predicted molar refractivity (Wildman–Crippen MR) is 47.0 cm³/mol. The van der Waals surface area contributed by atoms with Gasteiger partial charge in [0.25, 0.3) is 0 Å². The van der Waals surface area contributed by atoms with Crippen molar-refractivity contribution < 1.29 is 0 Å². The predicted octanol–water partition coefficient (Wildman–Crippen LogP) is 0.763. The normalized spacial score (nSPS) is 13.1. The van der Waals surface area contributed by atoms with Crippen molar-refractivity contribution in [2.45, 2.75) is 6.92 Å². The molecule has 0 rings (SSSR count). The second kappa shape index (κ2) is 5.13. The first-order valence-electron chi connectivity index (χ1n) is 2.54. The van der Waals surface area contributed by atoms with E-state index in [0.717, 1.165) is 4.48 Å². The van der Waals surface area contributed by atoms with Crippen LogP contribution in [0.2, 0.25) is 0 Å². The number of hydrazine groups is 1. The Hall–Kier alpha value is -0.680. The number of halogens is 1. The smallest absolute Gasteiger partial charge is 0.236 e. The van der Waals surface area contributed by atoms with E-state index in [2.05, 4.69) is 38.1 Å². The van der Waals surface area contributed by atoms with Crippen molar-refractivity contribution in [3.63, 3.8) is 0 Å². The van der Waals surface area contributed by atoms with Gasteiger partial charge in [0.05, 0.1) is 0 Å². The van der Waals surface area contributed by atoms with Gasteiger partial charge in [0.15, 0.2) is 0 Å². The summed E-state index contributed by atoms with van der Waals surface area (Å²) in [5.74, 6) is 5.30. The first-order valence-corrected chi connectivity index (χ1v) is 3.33. The summed E-state index contributed by atoms with van der Waals surface area (Å²) in [5, 5.41) is 0. The average Bonchev–Trinajstić information content (AvgIpc) is 1.90. The van der Waals surface area contributed by atoms with E-state index in [1.165, 1.54) is 0 Å². The van der Waals surface area contributed by atoms with Gasteiger partial charge in [-0.15, -0.1) is 0 Å². The van der Waals surface area contributed by atoms with E-state index in [-0.39, 0.29) is 0 Å². The minimum atomic E-state index is 0.291. The molecule has 0 radical (unpaired) electrons. The van der Waals surface area contributed by atoms with Crippen LogP contribution < -0.4 is 11.3 Å². The molecular formula is C5H9BrN4. The van der Waals surface area contributed by atoms with Crippen LogP contribution >= 0.6 is 15.9 Å². The average molecular weight is 205 g/mol. The van der Waals surface area contributed by atoms with E-state index in [1.807, 2.05) is 6.92 Å². The van der Waals surface area contributed by atoms with Crippen LogP contribution in [0.25, 0.3) is 0 Å². The van der Waals surface area contributed by atoms with Crippen LogP contribution in [-0.4, -0.2) is 12.7 Å². The third-order valence-electron chi connectivity index (χ3n) is 0.644. The van der Waals surface area contributed by atoms with Crippen molar-refractivity contribution in [2.24, 2.45) is 15.8 Å². The Bertz CT molecular complexity index is 168. The van der Waals surface area contributed by atoms with Crippen molar-refractivity contribution in [1.82, 2.24) is 5.43 Å². The lowest BCUT2D eigenvalue weighted by atomic mass is 10.7. The number of hydrogen-bond donors (Lipinski definition) is 2. The number of nitrogens with two attached hydrogens (primary N) is 1. The topological polar surface area (TPSA) is 62.8 Å². The molecule has 0 heterocycles. The van der Waals surface area contributed by atoms with Crippen LogP contribution in [0.4, 0.5) is 0 Å². The molecule has 0 fully saturated rings. The van der Waals surface area contributed by atoms with E-state index in [9.17, 15) is 0 Å². The molecule has 0 saturated heterocycles. The third-order valence-corrected chi connectivity index (χ3v) is 0.848. The standard InChI is InChI=1S/C5H9BrN4/c1-4(6)3-9-5(8-2)10-7/h3H,2,7H2,1H3,(H,9,10)/b4-3+. The molecule has 10 heavy (non-hydrogen) atoms. The first kappa shape index (κ1) is 9.32. The maximum Gasteiger partial charge on any atom is 0.236 e. The SMILES string of the molecule is C=NC(=N/C=C(\C)Br)NN. The monoisotopic (exact) mass is 204 g/mol. The molecule has 0 aliphatic rings. The van der Waals surface area contributed by atoms with Gasteiger partial charge in [0.2, 0.25) is 5.96 Å². The third kappa shape index (κ3) is 4.22. The van der Waals surface area contributed by atoms with E-state index in [0.29, 0.717) is 5.96 Å². The van der Waals surface area contributed by atoms with E-state index < -0.39 is 0 Å². The molecule has 56 valence electrons. The molecule has 3 N–H and O–H groups in total. The Morgan fingerprint density at radius 2 is 2.40 bits per heavy atom. The maximum atomic E-state index is 5.01. The molecular weight excluding hydrogens is 196 g/mol. The largest absolute Gasteiger partial charge is 0.292 e. The van der Waals surface area contributed by atoms with Gasteiger partial charge in [-0.25, -0.2) is 15.8 Å². The van der Waals surface area contributed by atoms with Crippen LogP contribution in [0.3, 0.4) is 0 Å². The number of nitrogens with one attached hydrogen (secondary N) is 1. The molecule has 0 aliphatic heterocycles. The fourth-order valence-corrected chi connectivity index (χ4v) is 0.376. The van der Waals surface area contributed by atoms with Crippen LogP contribution in [0.5, 0.6) is 0 Å². The number of aliphatic imine (C=N–C) groups is 2. The van der Waals surface area contributed by atoms with Gasteiger partial charge in [0.1, 0.15) is 0 Å². The van der Waals surface area contributed by atoms with E-state index in [4.69, 9.17) is 5.84 Å². The number of guanidine groups is 1. The lowest BCUT2D eigenvalue weighted by Crippen LogP contribution is -2.28. The zero-order chi connectivity index (χ0) is 7.98. The van der Waals surface area contributed by atoms with Crippen LogP contribution in [-0.2, 0) is 0 Å². The fourth-order valence-electron chi connectivity index (χ4n) is 0.274. The molecule has 0 spiro atoms. The molecule has 0 unspecified atom stereocenters. The minimum Gasteiger partial charge on any atom is -0.292 e. The molecule has 0 aliphatic carbocycles. The highest BCUT2D eigenvalue weighted by Gasteiger charge is 1.84. The first-order chi connectivity index (χ1) is 4.70. The highest BCUT2D eigenvalue weighted by Crippen LogP contribution is 2.00. The van der Waals surface area contributed by atoms with E-state index >= 15 is 0 Å². The van der Waals surface area contributed by atoms with Gasteiger partial charge < -0.3 is 0 Å². The zero-order valence-electron chi connectivity index (χ0n) is 5.63. The summed E-state index contributed by atoms with van der Waals surface area (Å²) < 4.78 is 0.893. The molecule has 0 bridgehead atoms. The highest BCUT2D eigenvalue weighted by molar-refractivity contribution is 9.11. The number of rotatable bonds is 1. The summed E-state index contributed by atoms with van der Waals surface area (Å²) in [6, 6.07) is 0. The minimum absolute atomic E-state index is 0.291. The van der Waals surface area contributed by atoms with Gasteiger partial charge in [0, 0.05) is 10.7 Å². The summed E-state index contributed by atoms with van der Waals surface area (Å²) in [6.07, 6.45) is 1.57. The van der Waals surface area contributed by atoms with Crippen molar-refractivity contribution in [3.8, 4) is 0 Å². The van der Waals surface area contributed by atoms with Crippen molar-refractivity contribution in [2.75, 3.05) is 0 Å². The number of nitrogens with zero attached hydrogens (tertiary/aromatic N) is 2. The molecule has 0 aromatic heterocycles. The van der Waals surface area contributed by atoms with Gasteiger partial charge in [-0.1, -0.05) is 15.9 Å². The molecule has 0 aromatic carbocycles. The van der Waals surface area contributed by atoms with Gasteiger partial charge in [-0.05, 0) is 13.6 Å². The summed E-state index contributed by atoms with van der Waals surface area (Å²) in [7, 11) is 0. The zero-order valence-corrected chi connectivity index (χ0v) is 7.22. The van der Waals surface area contributed by atoms with Crippen molar-refractivity contribution >= 4 is 28.6 Å². The second-order valence-corrected chi connectivity index (χ2v) is 2.72. The fraction of sp³-hybridized carbons (Fsp3) is 0.200. The van der Waals surface area contributed by atoms with Crippen molar-refractivity contribution in [1.29, 1.82) is 0 Å². The van der Waals surface area contributed by atoms with Gasteiger partial charge in [-0.3, -0.25) is 5.43 Å². The summed E-state index contributed by atoms with van der Waals surface area (Å²) in [5.41, 5.74) is 2.26. The van der Waals surface area contributed by atoms with Crippen LogP contribution in [0.1, 0.15) is 6.92 Å².